The molecule has 4 N–H and O–H groups in total. The summed E-state index contributed by atoms with van der Waals surface area (Å²) in [6, 6.07) is 5.64. The maximum Gasteiger partial charge on any atom is 0.122 e. The zero-order chi connectivity index (χ0) is 16.7. The van der Waals surface area contributed by atoms with Crippen LogP contribution in [-0.2, 0) is 0 Å². The average molecular weight is 308 g/mol. The van der Waals surface area contributed by atoms with Crippen LogP contribution in [-0.4, -0.2) is 31.3 Å². The van der Waals surface area contributed by atoms with Crippen LogP contribution < -0.4 is 15.8 Å². The van der Waals surface area contributed by atoms with Crippen molar-refractivity contribution in [2.75, 3.05) is 20.2 Å². The Kier molecular flexibility index (Phi) is 7.87. The van der Waals surface area contributed by atoms with E-state index in [1.54, 1.807) is 0 Å². The van der Waals surface area contributed by atoms with E-state index in [0.29, 0.717) is 18.4 Å². The van der Waals surface area contributed by atoms with Crippen LogP contribution in [0, 0.1) is 5.92 Å². The summed E-state index contributed by atoms with van der Waals surface area (Å²) in [5.74, 6) is 1.73. The third-order valence-electron chi connectivity index (χ3n) is 3.70. The minimum Gasteiger partial charge on any atom is -0.493 e. The van der Waals surface area contributed by atoms with Crippen molar-refractivity contribution in [3.63, 3.8) is 0 Å². The van der Waals surface area contributed by atoms with Gasteiger partial charge in [-0.15, -0.1) is 0 Å². The Balaban J connectivity index is 2.91. The molecule has 0 heterocycles. The van der Waals surface area contributed by atoms with Crippen molar-refractivity contribution in [3.05, 3.63) is 29.3 Å². The summed E-state index contributed by atoms with van der Waals surface area (Å²) in [7, 11) is 1.89. The van der Waals surface area contributed by atoms with E-state index in [1.165, 1.54) is 0 Å². The van der Waals surface area contributed by atoms with Gasteiger partial charge in [-0.05, 0) is 55.1 Å². The maximum atomic E-state index is 10.4. The van der Waals surface area contributed by atoms with Crippen LogP contribution in [0.2, 0.25) is 0 Å². The van der Waals surface area contributed by atoms with Crippen LogP contribution in [0.25, 0.3) is 0 Å². The number of hydrogen-bond acceptors (Lipinski definition) is 4. The number of nitrogens with one attached hydrogen (secondary N) is 1. The third-order valence-corrected chi connectivity index (χ3v) is 3.70. The number of rotatable bonds is 9. The van der Waals surface area contributed by atoms with Crippen molar-refractivity contribution in [1.82, 2.24) is 5.32 Å². The molecule has 1 aromatic carbocycles. The zero-order valence-electron chi connectivity index (χ0n) is 14.6. The summed E-state index contributed by atoms with van der Waals surface area (Å²) in [6.07, 6.45) is 0.0882. The Hall–Kier alpha value is -1.10. The third kappa shape index (κ3) is 5.59. The number of aliphatic hydroxyl groups is 1. The van der Waals surface area contributed by atoms with Gasteiger partial charge in [-0.3, -0.25) is 0 Å². The standard InChI is InChI=1S/C18H32N2O2/c1-12(2)11-22-17-7-6-14(10-15(17)13(3)4)18(21)16(19)8-9-20-5/h6-7,10,12-13,16,18,20-21H,8-9,11,19H2,1-5H3. The minimum absolute atomic E-state index is 0.269. The summed E-state index contributed by atoms with van der Waals surface area (Å²) < 4.78 is 5.90. The monoisotopic (exact) mass is 308 g/mol. The van der Waals surface area contributed by atoms with E-state index in [4.69, 9.17) is 10.5 Å². The first kappa shape index (κ1) is 18.9. The normalized spacial score (nSPS) is 14.4. The average Bonchev–Trinajstić information content (AvgIpc) is 2.49. The molecule has 0 aliphatic carbocycles. The van der Waals surface area contributed by atoms with Crippen LogP contribution in [0.4, 0.5) is 0 Å². The van der Waals surface area contributed by atoms with Crippen LogP contribution in [0.15, 0.2) is 18.2 Å². The maximum absolute atomic E-state index is 10.4. The fourth-order valence-electron chi connectivity index (χ4n) is 2.31. The van der Waals surface area contributed by atoms with Gasteiger partial charge >= 0.3 is 0 Å². The lowest BCUT2D eigenvalue weighted by Crippen LogP contribution is -2.31. The first-order valence-corrected chi connectivity index (χ1v) is 8.21. The van der Waals surface area contributed by atoms with Gasteiger partial charge in [0.2, 0.25) is 0 Å². The molecule has 0 spiro atoms. The molecule has 22 heavy (non-hydrogen) atoms. The predicted octanol–water partition coefficient (Wildman–Crippen LogP) is 2.82. The van der Waals surface area contributed by atoms with Gasteiger partial charge in [-0.25, -0.2) is 0 Å². The van der Waals surface area contributed by atoms with E-state index in [-0.39, 0.29) is 6.04 Å². The number of ether oxygens (including phenoxy) is 1. The van der Waals surface area contributed by atoms with Gasteiger partial charge in [0, 0.05) is 6.04 Å². The van der Waals surface area contributed by atoms with E-state index < -0.39 is 6.10 Å². The van der Waals surface area contributed by atoms with Gasteiger partial charge in [0.05, 0.1) is 12.7 Å². The lowest BCUT2D eigenvalue weighted by Gasteiger charge is -2.22. The highest BCUT2D eigenvalue weighted by atomic mass is 16.5. The number of aliphatic hydroxyl groups excluding tert-OH is 1. The summed E-state index contributed by atoms with van der Waals surface area (Å²) >= 11 is 0. The van der Waals surface area contributed by atoms with E-state index in [2.05, 4.69) is 33.0 Å². The van der Waals surface area contributed by atoms with Crippen molar-refractivity contribution in [3.8, 4) is 5.75 Å². The van der Waals surface area contributed by atoms with Gasteiger partial charge < -0.3 is 20.9 Å². The lowest BCUT2D eigenvalue weighted by molar-refractivity contribution is 0.142. The molecule has 0 radical (unpaired) electrons. The van der Waals surface area contributed by atoms with Gasteiger partial charge in [0.1, 0.15) is 5.75 Å². The molecule has 4 heteroatoms. The number of nitrogens with two attached hydrogens (primary N) is 1. The molecular weight excluding hydrogens is 276 g/mol. The van der Waals surface area contributed by atoms with Gasteiger partial charge in [-0.2, -0.15) is 0 Å². The first-order valence-electron chi connectivity index (χ1n) is 8.21. The quantitative estimate of drug-likeness (QED) is 0.656. The minimum atomic E-state index is -0.648. The molecule has 0 saturated carbocycles. The molecule has 0 aromatic heterocycles. The van der Waals surface area contributed by atoms with Gasteiger partial charge in [0.15, 0.2) is 0 Å². The topological polar surface area (TPSA) is 67.5 Å². The summed E-state index contributed by atoms with van der Waals surface area (Å²) in [4.78, 5) is 0. The largest absolute Gasteiger partial charge is 0.493 e. The molecule has 2 atom stereocenters. The Morgan fingerprint density at radius 2 is 1.91 bits per heavy atom. The van der Waals surface area contributed by atoms with E-state index in [1.807, 2.05) is 25.2 Å². The van der Waals surface area contributed by atoms with Gasteiger partial charge in [-0.1, -0.05) is 33.8 Å². The molecule has 126 valence electrons. The van der Waals surface area contributed by atoms with Gasteiger partial charge in [0.25, 0.3) is 0 Å². The molecule has 1 rings (SSSR count). The molecule has 1 aromatic rings. The second kappa shape index (κ2) is 9.13. The molecular formula is C18H32N2O2. The van der Waals surface area contributed by atoms with Crippen molar-refractivity contribution < 1.29 is 9.84 Å². The van der Waals surface area contributed by atoms with Crippen molar-refractivity contribution in [2.45, 2.75) is 52.2 Å². The molecule has 4 nitrogen and oxygen atoms in total. The molecule has 2 unspecified atom stereocenters. The van der Waals surface area contributed by atoms with Crippen LogP contribution in [0.3, 0.4) is 0 Å². The molecule has 0 amide bonds. The van der Waals surface area contributed by atoms with Crippen LogP contribution in [0.5, 0.6) is 5.75 Å². The molecule has 0 aliphatic heterocycles. The number of hydrogen-bond donors (Lipinski definition) is 3. The summed E-state index contributed by atoms with van der Waals surface area (Å²) in [6.45, 7) is 10.0. The highest BCUT2D eigenvalue weighted by Gasteiger charge is 2.19. The summed E-state index contributed by atoms with van der Waals surface area (Å²) in [5, 5.41) is 13.5. The molecule has 0 saturated heterocycles. The lowest BCUT2D eigenvalue weighted by atomic mass is 9.94. The SMILES string of the molecule is CNCCC(N)C(O)c1ccc(OCC(C)C)c(C(C)C)c1. The van der Waals surface area contributed by atoms with Crippen molar-refractivity contribution >= 4 is 0 Å². The van der Waals surface area contributed by atoms with Crippen LogP contribution >= 0.6 is 0 Å². The summed E-state index contributed by atoms with van der Waals surface area (Å²) in [5.41, 5.74) is 8.06. The van der Waals surface area contributed by atoms with Crippen LogP contribution in [0.1, 0.15) is 57.3 Å². The Labute approximate surface area is 135 Å². The van der Waals surface area contributed by atoms with Crippen molar-refractivity contribution in [2.24, 2.45) is 11.7 Å². The second-order valence-corrected chi connectivity index (χ2v) is 6.66. The predicted molar refractivity (Wildman–Crippen MR) is 92.3 cm³/mol. The smallest absolute Gasteiger partial charge is 0.122 e. The number of benzene rings is 1. The van der Waals surface area contributed by atoms with E-state index in [9.17, 15) is 5.11 Å². The van der Waals surface area contributed by atoms with Crippen molar-refractivity contribution in [1.29, 1.82) is 0 Å². The fraction of sp³-hybridized carbons (Fsp3) is 0.667. The highest BCUT2D eigenvalue weighted by Crippen LogP contribution is 2.31. The zero-order valence-corrected chi connectivity index (χ0v) is 14.6. The molecule has 0 bridgehead atoms. The molecule has 0 fully saturated rings. The first-order chi connectivity index (χ1) is 10.4. The Morgan fingerprint density at radius 3 is 2.45 bits per heavy atom. The Morgan fingerprint density at radius 1 is 1.23 bits per heavy atom. The molecule has 0 aliphatic rings. The van der Waals surface area contributed by atoms with E-state index in [0.717, 1.165) is 29.8 Å². The van der Waals surface area contributed by atoms with E-state index >= 15 is 0 Å². The fourth-order valence-corrected chi connectivity index (χ4v) is 2.31. The second-order valence-electron chi connectivity index (χ2n) is 6.66. The highest BCUT2D eigenvalue weighted by molar-refractivity contribution is 5.40. The Bertz CT molecular complexity index is 447.